The molecule has 0 aromatic rings. The van der Waals surface area contributed by atoms with Crippen molar-refractivity contribution in [1.82, 2.24) is 9.21 Å². The van der Waals surface area contributed by atoms with Gasteiger partial charge in [0, 0.05) is 19.7 Å². The van der Waals surface area contributed by atoms with Gasteiger partial charge in [-0.3, -0.25) is 4.74 Å². The number of halogens is 20. The summed E-state index contributed by atoms with van der Waals surface area (Å²) in [5.74, 6) is -36.1. The number of likely N-dealkylation sites (N-methyl/N-ethyl adjacent to an activating group) is 1. The molecule has 1 saturated heterocycles. The van der Waals surface area contributed by atoms with Gasteiger partial charge in [-0.25, -0.2) is 13.2 Å². The summed E-state index contributed by atoms with van der Waals surface area (Å²) in [4.78, 5) is 5.89. The number of ether oxygens (including phenoxy) is 2. The molecule has 1 heterocycles. The zero-order valence-corrected chi connectivity index (χ0v) is 20.9. The Hall–Kier alpha value is -2.36. The Bertz CT molecular complexity index is 1180. The lowest BCUT2D eigenvalue weighted by Gasteiger charge is -2.57. The number of nitrogens with zero attached hydrogens (tertiary/aromatic N) is 2. The maximum atomic E-state index is 14.8. The Morgan fingerprint density at radius 2 is 1.14 bits per heavy atom. The number of rotatable bonds is 10. The van der Waals surface area contributed by atoms with E-state index in [0.717, 1.165) is 0 Å². The van der Waals surface area contributed by atoms with Crippen molar-refractivity contribution in [2.45, 2.75) is 59.3 Å². The predicted octanol–water partition coefficient (Wildman–Crippen LogP) is 5.41. The molecule has 1 aliphatic rings. The second-order valence-electron chi connectivity index (χ2n) is 8.11. The van der Waals surface area contributed by atoms with Crippen molar-refractivity contribution >= 4 is 16.0 Å². The zero-order valence-electron chi connectivity index (χ0n) is 20.1. The molecular weight excluding hydrogens is 712 g/mol. The van der Waals surface area contributed by atoms with Crippen LogP contribution < -0.4 is 0 Å². The second kappa shape index (κ2) is 10.6. The smallest absolute Gasteiger partial charge is 0.459 e. The van der Waals surface area contributed by atoms with E-state index in [-0.39, 0.29) is 7.05 Å². The van der Waals surface area contributed by atoms with E-state index in [4.69, 9.17) is 0 Å². The fraction of sp³-hybridized carbons (Fsp3) is 0.812. The van der Waals surface area contributed by atoms with E-state index in [2.05, 4.69) is 11.3 Å². The van der Waals surface area contributed by atoms with Crippen LogP contribution in [-0.2, 0) is 24.3 Å². The molecule has 0 radical (unpaired) electrons. The summed E-state index contributed by atoms with van der Waals surface area (Å²) >= 11 is 0. The Morgan fingerprint density at radius 1 is 0.795 bits per heavy atom. The molecule has 0 aromatic carbocycles. The van der Waals surface area contributed by atoms with E-state index < -0.39 is 97.7 Å². The predicted molar refractivity (Wildman–Crippen MR) is 95.1 cm³/mol. The Morgan fingerprint density at radius 3 is 1.43 bits per heavy atom. The van der Waals surface area contributed by atoms with Crippen molar-refractivity contribution < 1.29 is 110 Å². The van der Waals surface area contributed by atoms with Crippen LogP contribution in [0.15, 0.2) is 12.7 Å². The molecule has 260 valence electrons. The van der Waals surface area contributed by atoms with E-state index >= 15 is 0 Å². The summed E-state index contributed by atoms with van der Waals surface area (Å²) < 4.78 is 306. The van der Waals surface area contributed by atoms with Crippen molar-refractivity contribution in [3.63, 3.8) is 0 Å². The Kier molecular flexibility index (Phi) is 9.55. The van der Waals surface area contributed by atoms with E-state index in [0.29, 0.717) is 6.08 Å². The molecular formula is C16H10F20N2O5S. The van der Waals surface area contributed by atoms with Crippen molar-refractivity contribution in [2.75, 3.05) is 20.2 Å². The lowest BCUT2D eigenvalue weighted by atomic mass is 9.96. The molecule has 28 heteroatoms. The summed E-state index contributed by atoms with van der Waals surface area (Å²) in [5, 5.41) is -7.95. The van der Waals surface area contributed by atoms with Crippen molar-refractivity contribution in [3.8, 4) is 0 Å². The van der Waals surface area contributed by atoms with E-state index in [1.807, 2.05) is 0 Å². The fourth-order valence-electron chi connectivity index (χ4n) is 2.94. The van der Waals surface area contributed by atoms with Gasteiger partial charge in [0.2, 0.25) is 0 Å². The highest BCUT2D eigenvalue weighted by atomic mass is 32.2. The summed E-state index contributed by atoms with van der Waals surface area (Å²) in [5.41, 5.74) is 0. The van der Waals surface area contributed by atoms with Gasteiger partial charge < -0.3 is 4.74 Å². The largest absolute Gasteiger partial charge is 0.461 e. The lowest BCUT2D eigenvalue weighted by Crippen LogP contribution is -2.88. The molecule has 0 saturated carbocycles. The molecule has 1 fully saturated rings. The molecule has 1 aliphatic heterocycles. The van der Waals surface area contributed by atoms with Crippen LogP contribution in [0.4, 0.5) is 87.8 Å². The SMILES string of the molecule is C=CC(=O)OCCN(C)S(=O)(=O)C(F)(F)C(F)(F)N1C(F)(F)C(F)(C(F)(F)C(F)(F)F)OC(F)(C(F)(F)C(F)(F)F)C1(F)F. The quantitative estimate of drug-likeness (QED) is 0.130. The third kappa shape index (κ3) is 5.11. The molecule has 2 unspecified atom stereocenters. The van der Waals surface area contributed by atoms with Gasteiger partial charge in [-0.05, 0) is 0 Å². The van der Waals surface area contributed by atoms with Crippen molar-refractivity contribution in [2.24, 2.45) is 0 Å². The first-order chi connectivity index (χ1) is 18.9. The molecule has 0 spiro atoms. The number of morpholine rings is 1. The molecule has 0 aromatic heterocycles. The lowest BCUT2D eigenvalue weighted by molar-refractivity contribution is -0.604. The number of hydrogen-bond donors (Lipinski definition) is 0. The molecule has 0 N–H and O–H groups in total. The van der Waals surface area contributed by atoms with Crippen molar-refractivity contribution in [3.05, 3.63) is 12.7 Å². The topological polar surface area (TPSA) is 76.2 Å². The van der Waals surface area contributed by atoms with Crippen LogP contribution in [0.1, 0.15) is 0 Å². The van der Waals surface area contributed by atoms with Gasteiger partial charge in [-0.2, -0.15) is 92.1 Å². The Labute approximate surface area is 228 Å². The van der Waals surface area contributed by atoms with Crippen LogP contribution in [0.25, 0.3) is 0 Å². The third-order valence-electron chi connectivity index (χ3n) is 5.32. The van der Waals surface area contributed by atoms with Crippen LogP contribution in [0.3, 0.4) is 0 Å². The average molecular weight is 722 g/mol. The van der Waals surface area contributed by atoms with Gasteiger partial charge in [0.1, 0.15) is 6.61 Å². The number of alkyl halides is 20. The maximum absolute atomic E-state index is 14.8. The van der Waals surface area contributed by atoms with Gasteiger partial charge in [-0.1, -0.05) is 6.58 Å². The number of hydrogen-bond acceptors (Lipinski definition) is 6. The maximum Gasteiger partial charge on any atom is 0.459 e. The van der Waals surface area contributed by atoms with Crippen LogP contribution >= 0.6 is 0 Å². The minimum Gasteiger partial charge on any atom is -0.461 e. The van der Waals surface area contributed by atoms with E-state index in [1.54, 1.807) is 0 Å². The first-order valence-corrected chi connectivity index (χ1v) is 11.4. The second-order valence-corrected chi connectivity index (χ2v) is 10.2. The number of esters is 1. The number of carbonyl (C=O) groups excluding carboxylic acids is 1. The molecule has 2 atom stereocenters. The van der Waals surface area contributed by atoms with Gasteiger partial charge in [0.05, 0.1) is 0 Å². The Balaban J connectivity index is 4.21. The van der Waals surface area contributed by atoms with E-state index in [9.17, 15) is 101 Å². The minimum absolute atomic E-state index is 0.291. The van der Waals surface area contributed by atoms with Crippen LogP contribution in [0.5, 0.6) is 0 Å². The highest BCUT2D eigenvalue weighted by Crippen LogP contribution is 2.69. The molecule has 44 heavy (non-hydrogen) atoms. The van der Waals surface area contributed by atoms with Crippen molar-refractivity contribution in [1.29, 1.82) is 0 Å². The minimum atomic E-state index is -8.70. The number of carbonyl (C=O) groups is 1. The molecule has 1 rings (SSSR count). The summed E-state index contributed by atoms with van der Waals surface area (Å²) in [7, 11) is -8.05. The normalized spacial score (nSPS) is 26.0. The van der Waals surface area contributed by atoms with Crippen LogP contribution in [0, 0.1) is 0 Å². The van der Waals surface area contributed by atoms with Gasteiger partial charge >= 0.3 is 65.3 Å². The summed E-state index contributed by atoms with van der Waals surface area (Å²) in [6.07, 6.45) is -16.1. The fourth-order valence-corrected chi connectivity index (χ4v) is 4.05. The van der Waals surface area contributed by atoms with Crippen LogP contribution in [-0.4, -0.2) is 103 Å². The van der Waals surface area contributed by atoms with Gasteiger partial charge in [0.25, 0.3) is 10.0 Å². The summed E-state index contributed by atoms with van der Waals surface area (Å²) in [6.45, 7) is -0.575. The van der Waals surface area contributed by atoms with Gasteiger partial charge in [0.15, 0.2) is 0 Å². The average Bonchev–Trinajstić information content (AvgIpc) is 2.80. The van der Waals surface area contributed by atoms with E-state index in [1.165, 1.54) is 4.74 Å². The first-order valence-electron chi connectivity index (χ1n) is 9.99. The first kappa shape index (κ1) is 39.7. The number of sulfonamides is 1. The monoisotopic (exact) mass is 722 g/mol. The molecule has 0 bridgehead atoms. The van der Waals surface area contributed by atoms with Gasteiger partial charge in [-0.15, -0.1) is 4.90 Å². The molecule has 7 nitrogen and oxygen atoms in total. The summed E-state index contributed by atoms with van der Waals surface area (Å²) in [6, 6.07) is -26.0. The third-order valence-corrected chi connectivity index (χ3v) is 7.22. The highest BCUT2D eigenvalue weighted by Gasteiger charge is 3.00. The highest BCUT2D eigenvalue weighted by molar-refractivity contribution is 7.90. The van der Waals surface area contributed by atoms with Crippen LogP contribution in [0.2, 0.25) is 0 Å². The zero-order chi connectivity index (χ0) is 35.8. The molecule has 0 aliphatic carbocycles. The standard InChI is InChI=1S/C16H10F20N2O5S/c1-3-6(39)42-5-4-37(2)44(40,41)16(35,36)15(33,34)38-13(29,30)9(21,7(17,18)11(23,24)25)43-10(22,14(38,31)32)8(19,20)12(26,27)28/h3H,1,4-5H2,2H3. The molecule has 0 amide bonds.